The summed E-state index contributed by atoms with van der Waals surface area (Å²) in [4.78, 5) is 19.9. The second-order valence-corrected chi connectivity index (χ2v) is 15.6. The molecule has 0 bridgehead atoms. The maximum Gasteiger partial charge on any atom is 0.164 e. The lowest BCUT2D eigenvalue weighted by Gasteiger charge is -2.22. The van der Waals surface area contributed by atoms with E-state index in [0.29, 0.717) is 17.5 Å². The lowest BCUT2D eigenvalue weighted by Crippen LogP contribution is -2.15. The molecule has 0 fully saturated rings. The minimum Gasteiger partial charge on any atom is -0.309 e. The van der Waals surface area contributed by atoms with Crippen molar-refractivity contribution in [2.45, 2.75) is 19.3 Å². The van der Waals surface area contributed by atoms with Gasteiger partial charge in [0.15, 0.2) is 17.5 Å². The largest absolute Gasteiger partial charge is 0.309 e. The zero-order valence-corrected chi connectivity index (χ0v) is 31.0. The standard InChI is InChI=1S/C49H33N5S/c1-49(2)40-28-33(18-21-36(40)37-22-25-43-45(44(37)49)50-29-55-43)32-19-23-41-38(26-32)39-27-34(20-24-42(39)54(41)35-16-10-5-11-17-35)48-52-46(30-12-6-3-7-13-30)51-47(53-48)31-14-8-4-9-15-31/h3-29H,1-2H3. The molecule has 0 amide bonds. The molecule has 0 saturated carbocycles. The Bertz CT molecular complexity index is 3050. The molecule has 0 aliphatic heterocycles. The Morgan fingerprint density at radius 3 is 1.67 bits per heavy atom. The third kappa shape index (κ3) is 4.99. The molecule has 3 heterocycles. The smallest absolute Gasteiger partial charge is 0.164 e. The van der Waals surface area contributed by atoms with E-state index in [1.807, 2.05) is 66.2 Å². The third-order valence-corrected chi connectivity index (χ3v) is 12.0. The number of thiazole rings is 1. The Labute approximate surface area is 322 Å². The minimum atomic E-state index is -0.168. The number of hydrogen-bond donors (Lipinski definition) is 0. The molecule has 7 aromatic carbocycles. The van der Waals surface area contributed by atoms with E-state index in [1.165, 1.54) is 43.5 Å². The summed E-state index contributed by atoms with van der Waals surface area (Å²) in [7, 11) is 0. The van der Waals surface area contributed by atoms with Crippen molar-refractivity contribution < 1.29 is 0 Å². The van der Waals surface area contributed by atoms with E-state index in [1.54, 1.807) is 11.3 Å². The molecule has 6 heteroatoms. The van der Waals surface area contributed by atoms with Crippen LogP contribution >= 0.6 is 11.3 Å². The second kappa shape index (κ2) is 12.1. The first-order chi connectivity index (χ1) is 27.0. The second-order valence-electron chi connectivity index (χ2n) is 14.7. The number of fused-ring (bicyclic) bond motifs is 8. The first kappa shape index (κ1) is 31.7. The Hall–Kier alpha value is -6.76. The summed E-state index contributed by atoms with van der Waals surface area (Å²) in [5.41, 5.74) is 16.8. The van der Waals surface area contributed by atoms with E-state index in [9.17, 15) is 0 Å². The van der Waals surface area contributed by atoms with Crippen LogP contribution in [0.25, 0.3) is 94.1 Å². The highest BCUT2D eigenvalue weighted by molar-refractivity contribution is 7.16. The summed E-state index contributed by atoms with van der Waals surface area (Å²) < 4.78 is 3.60. The quantitative estimate of drug-likeness (QED) is 0.177. The van der Waals surface area contributed by atoms with Gasteiger partial charge in [-0.1, -0.05) is 117 Å². The van der Waals surface area contributed by atoms with Crippen LogP contribution in [0.15, 0.2) is 163 Å². The van der Waals surface area contributed by atoms with E-state index in [0.717, 1.165) is 44.3 Å². The summed E-state index contributed by atoms with van der Waals surface area (Å²) in [6.07, 6.45) is 0. The molecular formula is C49H33N5S. The van der Waals surface area contributed by atoms with E-state index in [-0.39, 0.29) is 5.41 Å². The zero-order chi connectivity index (χ0) is 36.7. The minimum absolute atomic E-state index is 0.168. The Morgan fingerprint density at radius 1 is 0.491 bits per heavy atom. The molecule has 0 spiro atoms. The van der Waals surface area contributed by atoms with Gasteiger partial charge in [0.2, 0.25) is 0 Å². The van der Waals surface area contributed by atoms with Crippen LogP contribution in [-0.4, -0.2) is 24.5 Å². The summed E-state index contributed by atoms with van der Waals surface area (Å²) in [6, 6.07) is 55.9. The van der Waals surface area contributed by atoms with Gasteiger partial charge in [0.25, 0.3) is 0 Å². The number of nitrogens with zero attached hydrogens (tertiary/aromatic N) is 5. The molecule has 0 N–H and O–H groups in total. The van der Waals surface area contributed by atoms with Gasteiger partial charge in [-0.3, -0.25) is 0 Å². The van der Waals surface area contributed by atoms with Crippen LogP contribution < -0.4 is 0 Å². The van der Waals surface area contributed by atoms with Crippen LogP contribution in [0, 0.1) is 0 Å². The van der Waals surface area contributed by atoms with E-state index in [4.69, 9.17) is 19.9 Å². The van der Waals surface area contributed by atoms with Crippen molar-refractivity contribution in [3.63, 3.8) is 0 Å². The molecule has 0 atom stereocenters. The average Bonchev–Trinajstić information content (AvgIpc) is 3.92. The Kier molecular flexibility index (Phi) is 7.00. The van der Waals surface area contributed by atoms with Crippen molar-refractivity contribution in [3.05, 3.63) is 174 Å². The van der Waals surface area contributed by atoms with Crippen LogP contribution in [-0.2, 0) is 5.41 Å². The monoisotopic (exact) mass is 723 g/mol. The highest BCUT2D eigenvalue weighted by atomic mass is 32.1. The summed E-state index contributed by atoms with van der Waals surface area (Å²) in [5, 5.41) is 2.31. The Balaban J connectivity index is 1.10. The van der Waals surface area contributed by atoms with Crippen LogP contribution in [0.3, 0.4) is 0 Å². The Morgan fingerprint density at radius 2 is 1.02 bits per heavy atom. The maximum atomic E-state index is 5.06. The predicted octanol–water partition coefficient (Wildman–Crippen LogP) is 12.6. The SMILES string of the molecule is CC1(C)c2cc(-c3ccc4c(c3)c3cc(-c5nc(-c6ccccc6)nc(-c6ccccc6)n5)ccc3n4-c3ccccc3)ccc2-c2ccc3scnc3c21. The highest BCUT2D eigenvalue weighted by Gasteiger charge is 2.38. The van der Waals surface area contributed by atoms with Gasteiger partial charge in [-0.2, -0.15) is 0 Å². The van der Waals surface area contributed by atoms with Crippen molar-refractivity contribution in [1.82, 2.24) is 24.5 Å². The first-order valence-corrected chi connectivity index (χ1v) is 19.4. The molecule has 10 aromatic rings. The van der Waals surface area contributed by atoms with Gasteiger partial charge in [0.05, 0.1) is 26.8 Å². The fourth-order valence-corrected chi connectivity index (χ4v) is 9.22. The molecule has 3 aromatic heterocycles. The fourth-order valence-electron chi connectivity index (χ4n) is 8.53. The summed E-state index contributed by atoms with van der Waals surface area (Å²) in [5.74, 6) is 1.94. The third-order valence-electron chi connectivity index (χ3n) is 11.2. The molecule has 0 radical (unpaired) electrons. The van der Waals surface area contributed by atoms with Gasteiger partial charge in [-0.15, -0.1) is 11.3 Å². The van der Waals surface area contributed by atoms with Gasteiger partial charge in [-0.05, 0) is 88.0 Å². The summed E-state index contributed by atoms with van der Waals surface area (Å²) in [6.45, 7) is 4.68. The van der Waals surface area contributed by atoms with E-state index in [2.05, 4.69) is 115 Å². The number of hydrogen-bond acceptors (Lipinski definition) is 5. The van der Waals surface area contributed by atoms with E-state index < -0.39 is 0 Å². The number of aromatic nitrogens is 5. The molecule has 1 aliphatic carbocycles. The molecule has 0 saturated heterocycles. The predicted molar refractivity (Wildman–Crippen MR) is 227 cm³/mol. The van der Waals surface area contributed by atoms with Crippen molar-refractivity contribution in [2.24, 2.45) is 0 Å². The number of rotatable bonds is 5. The van der Waals surface area contributed by atoms with Gasteiger partial charge in [-0.25, -0.2) is 19.9 Å². The van der Waals surface area contributed by atoms with Gasteiger partial charge in [0, 0.05) is 38.6 Å². The van der Waals surface area contributed by atoms with Crippen LogP contribution in [0.4, 0.5) is 0 Å². The van der Waals surface area contributed by atoms with Crippen LogP contribution in [0.5, 0.6) is 0 Å². The maximum absolute atomic E-state index is 5.06. The molecule has 5 nitrogen and oxygen atoms in total. The lowest BCUT2D eigenvalue weighted by atomic mass is 9.81. The van der Waals surface area contributed by atoms with Crippen LogP contribution in [0.2, 0.25) is 0 Å². The fraction of sp³-hybridized carbons (Fsp3) is 0.0612. The average molecular weight is 724 g/mol. The van der Waals surface area contributed by atoms with Crippen LogP contribution in [0.1, 0.15) is 25.0 Å². The molecular weight excluding hydrogens is 691 g/mol. The van der Waals surface area contributed by atoms with Crippen molar-refractivity contribution in [2.75, 3.05) is 0 Å². The molecule has 260 valence electrons. The van der Waals surface area contributed by atoms with Crippen molar-refractivity contribution >= 4 is 43.4 Å². The first-order valence-electron chi connectivity index (χ1n) is 18.5. The van der Waals surface area contributed by atoms with Gasteiger partial charge < -0.3 is 4.57 Å². The number of benzene rings is 7. The van der Waals surface area contributed by atoms with Gasteiger partial charge >= 0.3 is 0 Å². The molecule has 55 heavy (non-hydrogen) atoms. The van der Waals surface area contributed by atoms with Gasteiger partial charge in [0.1, 0.15) is 0 Å². The zero-order valence-electron chi connectivity index (χ0n) is 30.2. The van der Waals surface area contributed by atoms with Crippen molar-refractivity contribution in [3.8, 4) is 62.1 Å². The highest BCUT2D eigenvalue weighted by Crippen LogP contribution is 2.52. The van der Waals surface area contributed by atoms with E-state index >= 15 is 0 Å². The summed E-state index contributed by atoms with van der Waals surface area (Å²) >= 11 is 1.71. The normalized spacial score (nSPS) is 13.1. The van der Waals surface area contributed by atoms with Crippen molar-refractivity contribution in [1.29, 1.82) is 0 Å². The lowest BCUT2D eigenvalue weighted by molar-refractivity contribution is 0.665. The number of para-hydroxylation sites is 1. The topological polar surface area (TPSA) is 56.5 Å². The molecule has 0 unspecified atom stereocenters. The molecule has 11 rings (SSSR count). The molecule has 1 aliphatic rings.